The highest BCUT2D eigenvalue weighted by atomic mass is 79.9. The van der Waals surface area contributed by atoms with Gasteiger partial charge in [0.2, 0.25) is 0 Å². The number of rotatable bonds is 5. The van der Waals surface area contributed by atoms with Crippen LogP contribution < -0.4 is 5.32 Å². The lowest BCUT2D eigenvalue weighted by Gasteiger charge is -2.09. The minimum absolute atomic E-state index is 0.304. The molecule has 0 spiro atoms. The number of anilines is 1. The molecule has 0 saturated carbocycles. The van der Waals surface area contributed by atoms with E-state index in [0.717, 1.165) is 10.2 Å². The number of nitrogens with one attached hydrogen (secondary N) is 1. The van der Waals surface area contributed by atoms with Crippen LogP contribution in [0.3, 0.4) is 0 Å². The molecule has 0 aliphatic heterocycles. The molecule has 3 nitrogen and oxygen atoms in total. The largest absolute Gasteiger partial charge is 0.481 e. The lowest BCUT2D eigenvalue weighted by atomic mass is 10.1. The second kappa shape index (κ2) is 5.89. The molecule has 1 aromatic rings. The van der Waals surface area contributed by atoms with Crippen molar-refractivity contribution in [2.24, 2.45) is 5.92 Å². The van der Waals surface area contributed by atoms with Crippen LogP contribution >= 0.6 is 15.9 Å². The Hall–Kier alpha value is -1.03. The van der Waals surface area contributed by atoms with Crippen LogP contribution in [0.2, 0.25) is 0 Å². The average Bonchev–Trinajstić information content (AvgIpc) is 2.23. The third kappa shape index (κ3) is 3.85. The zero-order valence-electron chi connectivity index (χ0n) is 9.46. The van der Waals surface area contributed by atoms with Gasteiger partial charge in [-0.2, -0.15) is 0 Å². The summed E-state index contributed by atoms with van der Waals surface area (Å²) in [5, 5.41) is 11.9. The maximum absolute atomic E-state index is 10.6. The minimum Gasteiger partial charge on any atom is -0.481 e. The predicted octanol–water partition coefficient (Wildman–Crippen LogP) is 3.28. The molecule has 1 unspecified atom stereocenters. The summed E-state index contributed by atoms with van der Waals surface area (Å²) < 4.78 is 1.06. The Labute approximate surface area is 104 Å². The van der Waals surface area contributed by atoms with Crippen molar-refractivity contribution >= 4 is 27.6 Å². The van der Waals surface area contributed by atoms with Gasteiger partial charge in [0.1, 0.15) is 0 Å². The molecular formula is C12H16BrNO2. The van der Waals surface area contributed by atoms with Gasteiger partial charge in [-0.1, -0.05) is 28.9 Å². The zero-order valence-corrected chi connectivity index (χ0v) is 11.0. The smallest absolute Gasteiger partial charge is 0.306 e. The Balaban J connectivity index is 2.43. The summed E-state index contributed by atoms with van der Waals surface area (Å²) in [5.41, 5.74) is 2.19. The monoisotopic (exact) mass is 285 g/mol. The Bertz CT molecular complexity index is 379. The van der Waals surface area contributed by atoms with E-state index in [4.69, 9.17) is 5.11 Å². The molecule has 0 fully saturated rings. The Morgan fingerprint density at radius 2 is 2.25 bits per heavy atom. The first kappa shape index (κ1) is 13.0. The van der Waals surface area contributed by atoms with Crippen molar-refractivity contribution in [3.8, 4) is 0 Å². The van der Waals surface area contributed by atoms with Crippen molar-refractivity contribution in [3.63, 3.8) is 0 Å². The zero-order chi connectivity index (χ0) is 12.1. The van der Waals surface area contributed by atoms with E-state index in [0.29, 0.717) is 13.0 Å². The molecule has 0 heterocycles. The first-order chi connectivity index (χ1) is 7.50. The van der Waals surface area contributed by atoms with Gasteiger partial charge in [-0.15, -0.1) is 0 Å². The van der Waals surface area contributed by atoms with E-state index >= 15 is 0 Å². The summed E-state index contributed by atoms with van der Waals surface area (Å²) in [7, 11) is 0. The standard InChI is InChI=1S/C12H16BrNO2/c1-8-3-4-10(7-11(8)13)14-6-5-9(2)12(15)16/h3-4,7,9,14H,5-6H2,1-2H3,(H,15,16). The van der Waals surface area contributed by atoms with E-state index in [-0.39, 0.29) is 5.92 Å². The lowest BCUT2D eigenvalue weighted by molar-refractivity contribution is -0.141. The number of aryl methyl sites for hydroxylation is 1. The molecule has 0 aliphatic rings. The lowest BCUT2D eigenvalue weighted by Crippen LogP contribution is -2.14. The molecule has 88 valence electrons. The second-order valence-electron chi connectivity index (χ2n) is 3.92. The van der Waals surface area contributed by atoms with E-state index in [1.165, 1.54) is 5.56 Å². The van der Waals surface area contributed by atoms with Gasteiger partial charge in [0.15, 0.2) is 0 Å². The van der Waals surface area contributed by atoms with Crippen LogP contribution in [0.5, 0.6) is 0 Å². The van der Waals surface area contributed by atoms with Crippen LogP contribution in [-0.4, -0.2) is 17.6 Å². The highest BCUT2D eigenvalue weighted by Gasteiger charge is 2.09. The molecule has 1 atom stereocenters. The number of aliphatic carboxylic acids is 1. The summed E-state index contributed by atoms with van der Waals surface area (Å²) in [4.78, 5) is 10.6. The number of carboxylic acids is 1. The maximum atomic E-state index is 10.6. The topological polar surface area (TPSA) is 49.3 Å². The summed E-state index contributed by atoms with van der Waals surface area (Å²) >= 11 is 3.46. The molecule has 1 aromatic carbocycles. The Morgan fingerprint density at radius 3 is 2.81 bits per heavy atom. The molecule has 0 aliphatic carbocycles. The normalized spacial score (nSPS) is 12.2. The van der Waals surface area contributed by atoms with Gasteiger partial charge in [0.25, 0.3) is 0 Å². The molecule has 1 rings (SSSR count). The minimum atomic E-state index is -0.744. The summed E-state index contributed by atoms with van der Waals surface area (Å²) in [6, 6.07) is 6.01. The Kier molecular flexibility index (Phi) is 4.80. The van der Waals surface area contributed by atoms with Crippen molar-refractivity contribution in [1.29, 1.82) is 0 Å². The van der Waals surface area contributed by atoms with E-state index in [2.05, 4.69) is 21.2 Å². The van der Waals surface area contributed by atoms with Crippen molar-refractivity contribution < 1.29 is 9.90 Å². The number of carboxylic acid groups (broad SMARTS) is 1. The maximum Gasteiger partial charge on any atom is 0.306 e. The van der Waals surface area contributed by atoms with E-state index in [1.54, 1.807) is 6.92 Å². The number of halogens is 1. The van der Waals surface area contributed by atoms with Crippen LogP contribution in [0, 0.1) is 12.8 Å². The molecule has 0 radical (unpaired) electrons. The van der Waals surface area contributed by atoms with Crippen LogP contribution in [0.4, 0.5) is 5.69 Å². The molecule has 16 heavy (non-hydrogen) atoms. The quantitative estimate of drug-likeness (QED) is 0.873. The summed E-state index contributed by atoms with van der Waals surface area (Å²) in [6.45, 7) is 4.42. The number of hydrogen-bond acceptors (Lipinski definition) is 2. The van der Waals surface area contributed by atoms with E-state index in [1.807, 2.05) is 25.1 Å². The van der Waals surface area contributed by atoms with Crippen LogP contribution in [0.15, 0.2) is 22.7 Å². The number of carbonyl (C=O) groups is 1. The van der Waals surface area contributed by atoms with Gasteiger partial charge in [-0.05, 0) is 31.0 Å². The molecule has 4 heteroatoms. The van der Waals surface area contributed by atoms with Crippen molar-refractivity contribution in [1.82, 2.24) is 0 Å². The summed E-state index contributed by atoms with van der Waals surface area (Å²) in [6.07, 6.45) is 0.626. The highest BCUT2D eigenvalue weighted by Crippen LogP contribution is 2.20. The molecule has 0 saturated heterocycles. The average molecular weight is 286 g/mol. The highest BCUT2D eigenvalue weighted by molar-refractivity contribution is 9.10. The first-order valence-electron chi connectivity index (χ1n) is 5.23. The third-order valence-electron chi connectivity index (χ3n) is 2.50. The van der Waals surface area contributed by atoms with Crippen LogP contribution in [-0.2, 0) is 4.79 Å². The fourth-order valence-electron chi connectivity index (χ4n) is 1.26. The van der Waals surface area contributed by atoms with Gasteiger partial charge in [-0.3, -0.25) is 4.79 Å². The SMILES string of the molecule is Cc1ccc(NCCC(C)C(=O)O)cc1Br. The van der Waals surface area contributed by atoms with Gasteiger partial charge >= 0.3 is 5.97 Å². The van der Waals surface area contributed by atoms with Gasteiger partial charge < -0.3 is 10.4 Å². The van der Waals surface area contributed by atoms with Crippen molar-refractivity contribution in [2.75, 3.05) is 11.9 Å². The molecule has 0 bridgehead atoms. The molecular weight excluding hydrogens is 270 g/mol. The van der Waals surface area contributed by atoms with Crippen LogP contribution in [0.25, 0.3) is 0 Å². The van der Waals surface area contributed by atoms with E-state index in [9.17, 15) is 4.79 Å². The third-order valence-corrected chi connectivity index (χ3v) is 3.35. The van der Waals surface area contributed by atoms with Gasteiger partial charge in [0, 0.05) is 16.7 Å². The first-order valence-corrected chi connectivity index (χ1v) is 6.03. The number of benzene rings is 1. The number of hydrogen-bond donors (Lipinski definition) is 2. The Morgan fingerprint density at radius 1 is 1.56 bits per heavy atom. The van der Waals surface area contributed by atoms with Crippen LogP contribution in [0.1, 0.15) is 18.9 Å². The van der Waals surface area contributed by atoms with Crippen molar-refractivity contribution in [3.05, 3.63) is 28.2 Å². The van der Waals surface area contributed by atoms with Gasteiger partial charge in [-0.25, -0.2) is 0 Å². The van der Waals surface area contributed by atoms with Gasteiger partial charge in [0.05, 0.1) is 5.92 Å². The predicted molar refractivity (Wildman–Crippen MR) is 68.8 cm³/mol. The molecule has 2 N–H and O–H groups in total. The fraction of sp³-hybridized carbons (Fsp3) is 0.417. The second-order valence-corrected chi connectivity index (χ2v) is 4.77. The summed E-state index contributed by atoms with van der Waals surface area (Å²) in [5.74, 6) is -1.05. The fourth-order valence-corrected chi connectivity index (χ4v) is 1.64. The molecule has 0 amide bonds. The molecule has 0 aromatic heterocycles. The van der Waals surface area contributed by atoms with Crippen molar-refractivity contribution in [2.45, 2.75) is 20.3 Å². The van der Waals surface area contributed by atoms with E-state index < -0.39 is 5.97 Å².